The fourth-order valence-corrected chi connectivity index (χ4v) is 2.49. The van der Waals surface area contributed by atoms with Crippen molar-refractivity contribution in [3.63, 3.8) is 0 Å². The van der Waals surface area contributed by atoms with Gasteiger partial charge in [0.05, 0.1) is 23.7 Å². The number of carbonyl (C=O) groups excluding carboxylic acids is 1. The van der Waals surface area contributed by atoms with E-state index in [4.69, 9.17) is 4.74 Å². The van der Waals surface area contributed by atoms with Gasteiger partial charge in [-0.25, -0.2) is 19.9 Å². The second-order valence-corrected chi connectivity index (χ2v) is 5.41. The quantitative estimate of drug-likeness (QED) is 0.755. The van der Waals surface area contributed by atoms with Gasteiger partial charge >= 0.3 is 6.03 Å². The predicted octanol–water partition coefficient (Wildman–Crippen LogP) is 3.45. The number of hydrogen-bond donors (Lipinski definition) is 2. The number of carbonyl (C=O) groups is 1. The number of amides is 2. The summed E-state index contributed by atoms with van der Waals surface area (Å²) >= 11 is 0. The van der Waals surface area contributed by atoms with Crippen molar-refractivity contribution in [2.45, 2.75) is 19.9 Å². The molecule has 1 heterocycles. The highest BCUT2D eigenvalue weighted by Crippen LogP contribution is 2.17. The number of nitrogens with one attached hydrogen (secondary N) is 2. The van der Waals surface area contributed by atoms with E-state index in [1.165, 1.54) is 0 Å². The van der Waals surface area contributed by atoms with Gasteiger partial charge in [0.1, 0.15) is 12.1 Å². The zero-order valence-corrected chi connectivity index (χ0v) is 13.7. The molecule has 2 aromatic carbocycles. The Kier molecular flexibility index (Phi) is 4.65. The van der Waals surface area contributed by atoms with Gasteiger partial charge in [0, 0.05) is 0 Å². The van der Waals surface area contributed by atoms with E-state index in [2.05, 4.69) is 15.7 Å². The molecule has 0 radical (unpaired) electrons. The normalized spacial score (nSPS) is 11.9. The molecule has 0 aliphatic rings. The zero-order valence-electron chi connectivity index (χ0n) is 13.7. The second kappa shape index (κ2) is 7.04. The Morgan fingerprint density at radius 1 is 1.21 bits per heavy atom. The van der Waals surface area contributed by atoms with Crippen molar-refractivity contribution in [3.8, 4) is 5.75 Å². The minimum Gasteiger partial charge on any atom is -0.494 e. The molecule has 2 amide bonds. The summed E-state index contributed by atoms with van der Waals surface area (Å²) < 4.78 is 7.03. The molecule has 3 aromatic rings. The van der Waals surface area contributed by atoms with Crippen LogP contribution < -0.4 is 15.5 Å². The van der Waals surface area contributed by atoms with Gasteiger partial charge in [-0.1, -0.05) is 24.3 Å². The highest BCUT2D eigenvalue weighted by molar-refractivity contribution is 5.85. The Balaban J connectivity index is 1.63. The number of para-hydroxylation sites is 2. The summed E-state index contributed by atoms with van der Waals surface area (Å²) in [6.07, 6.45) is 1.59. The topological polar surface area (TPSA) is 68.2 Å². The summed E-state index contributed by atoms with van der Waals surface area (Å²) in [6.45, 7) is 4.51. The molecule has 0 fully saturated rings. The van der Waals surface area contributed by atoms with Gasteiger partial charge in [-0.05, 0) is 43.7 Å². The lowest BCUT2D eigenvalue weighted by atomic mass is 10.1. The second-order valence-electron chi connectivity index (χ2n) is 5.41. The first-order chi connectivity index (χ1) is 11.7. The van der Waals surface area contributed by atoms with Gasteiger partial charge in [0.25, 0.3) is 0 Å². The summed E-state index contributed by atoms with van der Waals surface area (Å²) in [6, 6.07) is 14.9. The van der Waals surface area contributed by atoms with Crippen molar-refractivity contribution in [3.05, 3.63) is 60.4 Å². The van der Waals surface area contributed by atoms with E-state index in [0.29, 0.717) is 6.61 Å². The molecule has 6 heteroatoms. The Hall–Kier alpha value is -3.02. The average molecular weight is 324 g/mol. The van der Waals surface area contributed by atoms with Crippen LogP contribution in [0.15, 0.2) is 54.9 Å². The smallest absolute Gasteiger partial charge is 0.334 e. The molecule has 0 bridgehead atoms. The van der Waals surface area contributed by atoms with Crippen LogP contribution in [0.25, 0.3) is 11.0 Å². The van der Waals surface area contributed by atoms with E-state index < -0.39 is 0 Å². The van der Waals surface area contributed by atoms with Crippen LogP contribution in [-0.4, -0.2) is 22.3 Å². The first-order valence-corrected chi connectivity index (χ1v) is 7.89. The molecule has 24 heavy (non-hydrogen) atoms. The molecule has 0 saturated heterocycles. The minimum atomic E-state index is -0.292. The lowest BCUT2D eigenvalue weighted by Gasteiger charge is -2.16. The minimum absolute atomic E-state index is 0.129. The zero-order chi connectivity index (χ0) is 16.9. The van der Waals surface area contributed by atoms with Crippen molar-refractivity contribution < 1.29 is 9.53 Å². The number of fused-ring (bicyclic) bond motifs is 1. The lowest BCUT2D eigenvalue weighted by molar-refractivity contribution is 0.247. The van der Waals surface area contributed by atoms with Crippen molar-refractivity contribution in [2.75, 3.05) is 12.0 Å². The Morgan fingerprint density at radius 3 is 2.71 bits per heavy atom. The summed E-state index contributed by atoms with van der Waals surface area (Å²) in [5.74, 6) is 0.822. The van der Waals surface area contributed by atoms with E-state index in [1.807, 2.05) is 62.4 Å². The van der Waals surface area contributed by atoms with E-state index in [0.717, 1.165) is 22.3 Å². The van der Waals surface area contributed by atoms with Crippen LogP contribution in [0.4, 0.5) is 4.79 Å². The monoisotopic (exact) mass is 324 g/mol. The molecule has 2 N–H and O–H groups in total. The van der Waals surface area contributed by atoms with Crippen molar-refractivity contribution in [1.82, 2.24) is 15.0 Å². The molecule has 0 aliphatic heterocycles. The number of urea groups is 1. The molecule has 6 nitrogen and oxygen atoms in total. The number of nitrogens with zero attached hydrogens (tertiary/aromatic N) is 2. The fourth-order valence-electron chi connectivity index (χ4n) is 2.49. The van der Waals surface area contributed by atoms with Crippen LogP contribution in [0.2, 0.25) is 0 Å². The molecule has 0 aliphatic carbocycles. The summed E-state index contributed by atoms with van der Waals surface area (Å²) in [7, 11) is 0. The Morgan fingerprint density at radius 2 is 1.96 bits per heavy atom. The highest BCUT2D eigenvalue weighted by Gasteiger charge is 2.11. The maximum Gasteiger partial charge on any atom is 0.334 e. The highest BCUT2D eigenvalue weighted by atomic mass is 16.5. The van der Waals surface area contributed by atoms with Crippen LogP contribution in [-0.2, 0) is 0 Å². The fraction of sp³-hybridized carbons (Fsp3) is 0.222. The third-order valence-electron chi connectivity index (χ3n) is 3.71. The van der Waals surface area contributed by atoms with E-state index in [1.54, 1.807) is 11.0 Å². The lowest BCUT2D eigenvalue weighted by Crippen LogP contribution is -2.35. The van der Waals surface area contributed by atoms with Gasteiger partial charge in [-0.2, -0.15) is 0 Å². The van der Waals surface area contributed by atoms with Crippen molar-refractivity contribution in [2.24, 2.45) is 0 Å². The number of ether oxygens (including phenoxy) is 1. The standard InChI is InChI=1S/C18H20N4O2/c1-3-24-15-10-8-14(9-11-15)13(2)20-18(23)21-22-12-19-16-6-4-5-7-17(16)22/h4-13H,3H2,1-2H3,(H2,20,21,23). The molecular weight excluding hydrogens is 304 g/mol. The first-order valence-electron chi connectivity index (χ1n) is 7.89. The first kappa shape index (κ1) is 15.9. The van der Waals surface area contributed by atoms with E-state index in [9.17, 15) is 4.79 Å². The molecule has 3 rings (SSSR count). The van der Waals surface area contributed by atoms with Gasteiger partial charge in [0.15, 0.2) is 0 Å². The summed E-state index contributed by atoms with van der Waals surface area (Å²) in [4.78, 5) is 16.5. The molecular formula is C18H20N4O2. The Labute approximate surface area is 140 Å². The van der Waals surface area contributed by atoms with Gasteiger partial charge in [-0.15, -0.1) is 0 Å². The van der Waals surface area contributed by atoms with Gasteiger partial charge in [-0.3, -0.25) is 0 Å². The largest absolute Gasteiger partial charge is 0.494 e. The van der Waals surface area contributed by atoms with Crippen molar-refractivity contribution in [1.29, 1.82) is 0 Å². The predicted molar refractivity (Wildman–Crippen MR) is 93.7 cm³/mol. The summed E-state index contributed by atoms with van der Waals surface area (Å²) in [5.41, 5.74) is 5.46. The molecule has 0 saturated carbocycles. The van der Waals surface area contributed by atoms with Gasteiger partial charge in [0.2, 0.25) is 0 Å². The van der Waals surface area contributed by atoms with Gasteiger partial charge < -0.3 is 10.1 Å². The van der Waals surface area contributed by atoms with E-state index in [-0.39, 0.29) is 12.1 Å². The molecule has 1 atom stereocenters. The van der Waals surface area contributed by atoms with Crippen LogP contribution in [0.5, 0.6) is 5.75 Å². The molecule has 1 unspecified atom stereocenters. The molecule has 1 aromatic heterocycles. The van der Waals surface area contributed by atoms with E-state index >= 15 is 0 Å². The SMILES string of the molecule is CCOc1ccc(C(C)NC(=O)Nn2cnc3ccccc32)cc1. The molecule has 0 spiro atoms. The Bertz CT molecular complexity index is 826. The number of imidazole rings is 1. The van der Waals surface area contributed by atoms with Crippen molar-refractivity contribution >= 4 is 17.1 Å². The third-order valence-corrected chi connectivity index (χ3v) is 3.71. The summed E-state index contributed by atoms with van der Waals surface area (Å²) in [5, 5.41) is 2.91. The molecule has 124 valence electrons. The average Bonchev–Trinajstić information content (AvgIpc) is 2.99. The maximum atomic E-state index is 12.2. The van der Waals surface area contributed by atoms with Crippen LogP contribution in [0, 0.1) is 0 Å². The maximum absolute atomic E-state index is 12.2. The number of benzene rings is 2. The number of hydrogen-bond acceptors (Lipinski definition) is 3. The third kappa shape index (κ3) is 3.48. The van der Waals surface area contributed by atoms with Crippen LogP contribution in [0.3, 0.4) is 0 Å². The number of aromatic nitrogens is 2. The van der Waals surface area contributed by atoms with Crippen LogP contribution >= 0.6 is 0 Å². The van der Waals surface area contributed by atoms with Crippen LogP contribution in [0.1, 0.15) is 25.5 Å². The number of rotatable bonds is 5.